The highest BCUT2D eigenvalue weighted by Crippen LogP contribution is 2.33. The van der Waals surface area contributed by atoms with Crippen LogP contribution in [0.5, 0.6) is 0 Å². The highest BCUT2D eigenvalue weighted by molar-refractivity contribution is 6.36. The molecule has 1 fully saturated rings. The van der Waals surface area contributed by atoms with Gasteiger partial charge in [0.15, 0.2) is 0 Å². The summed E-state index contributed by atoms with van der Waals surface area (Å²) in [5.74, 6) is 0.707. The number of anilines is 1. The van der Waals surface area contributed by atoms with Gasteiger partial charge < -0.3 is 19.7 Å². The van der Waals surface area contributed by atoms with E-state index in [1.54, 1.807) is 24.0 Å². The molecule has 0 saturated carbocycles. The van der Waals surface area contributed by atoms with Crippen molar-refractivity contribution in [2.45, 2.75) is 52.7 Å². The van der Waals surface area contributed by atoms with Crippen LogP contribution in [0, 0.1) is 0 Å². The molecule has 7 nitrogen and oxygen atoms in total. The van der Waals surface area contributed by atoms with Gasteiger partial charge in [0.25, 0.3) is 0 Å². The molecule has 32 heavy (non-hydrogen) atoms. The van der Waals surface area contributed by atoms with Crippen molar-refractivity contribution in [1.82, 2.24) is 14.9 Å². The quantitative estimate of drug-likeness (QED) is 0.556. The molecule has 0 aliphatic carbocycles. The van der Waals surface area contributed by atoms with E-state index < -0.39 is 0 Å². The molecular weight excluding hydrogens is 451 g/mol. The van der Waals surface area contributed by atoms with E-state index in [0.29, 0.717) is 55.0 Å². The summed E-state index contributed by atoms with van der Waals surface area (Å²) >= 11 is 12.5. The Hall–Kier alpha value is -2.09. The van der Waals surface area contributed by atoms with Crippen LogP contribution in [-0.2, 0) is 22.3 Å². The van der Waals surface area contributed by atoms with Crippen molar-refractivity contribution >= 4 is 35.1 Å². The minimum atomic E-state index is -0.328. The maximum absolute atomic E-state index is 12.2. The first kappa shape index (κ1) is 24.6. The number of amides is 1. The first-order valence-electron chi connectivity index (χ1n) is 11.1. The van der Waals surface area contributed by atoms with E-state index in [1.807, 2.05) is 26.8 Å². The Balaban J connectivity index is 1.92. The summed E-state index contributed by atoms with van der Waals surface area (Å²) in [4.78, 5) is 23.7. The number of halogens is 2. The fourth-order valence-electron chi connectivity index (χ4n) is 3.85. The molecule has 2 heterocycles. The van der Waals surface area contributed by atoms with Crippen LogP contribution >= 0.6 is 23.2 Å². The predicted octanol–water partition coefficient (Wildman–Crippen LogP) is 5.23. The van der Waals surface area contributed by atoms with Crippen LogP contribution in [0.1, 0.15) is 39.1 Å². The van der Waals surface area contributed by atoms with Crippen molar-refractivity contribution in [1.29, 1.82) is 0 Å². The Labute approximate surface area is 199 Å². The predicted molar refractivity (Wildman–Crippen MR) is 128 cm³/mol. The van der Waals surface area contributed by atoms with Crippen molar-refractivity contribution in [3.8, 4) is 11.3 Å². The van der Waals surface area contributed by atoms with E-state index in [2.05, 4.69) is 5.32 Å². The monoisotopic (exact) mass is 480 g/mol. The summed E-state index contributed by atoms with van der Waals surface area (Å²) in [6.45, 7) is 9.65. The van der Waals surface area contributed by atoms with E-state index in [0.717, 1.165) is 22.6 Å². The molecule has 1 N–H and O–H groups in total. The maximum atomic E-state index is 12.2. The Morgan fingerprint density at radius 3 is 2.47 bits per heavy atom. The first-order valence-corrected chi connectivity index (χ1v) is 11.8. The lowest BCUT2D eigenvalue weighted by atomic mass is 10.1. The topological polar surface area (TPSA) is 76.6 Å². The van der Waals surface area contributed by atoms with Gasteiger partial charge >= 0.3 is 6.09 Å². The third-order valence-electron chi connectivity index (χ3n) is 5.39. The Morgan fingerprint density at radius 1 is 1.09 bits per heavy atom. The van der Waals surface area contributed by atoms with E-state index in [1.165, 1.54) is 0 Å². The van der Waals surface area contributed by atoms with Gasteiger partial charge in [0.05, 0.1) is 47.4 Å². The number of likely N-dealkylation sites (tertiary alicyclic amines) is 1. The summed E-state index contributed by atoms with van der Waals surface area (Å²) in [5.41, 5.74) is 3.23. The van der Waals surface area contributed by atoms with Gasteiger partial charge in [0.1, 0.15) is 5.82 Å². The fourth-order valence-corrected chi connectivity index (χ4v) is 4.34. The molecular formula is C23H30Cl2N4O3. The molecule has 1 aliphatic heterocycles. The molecule has 2 aromatic rings. The van der Waals surface area contributed by atoms with Crippen molar-refractivity contribution in [2.75, 3.05) is 31.6 Å². The molecule has 1 amide bonds. The average molecular weight is 481 g/mol. The summed E-state index contributed by atoms with van der Waals surface area (Å²) in [5, 5.41) is 4.62. The van der Waals surface area contributed by atoms with Crippen molar-refractivity contribution < 1.29 is 14.3 Å². The zero-order valence-electron chi connectivity index (χ0n) is 19.0. The summed E-state index contributed by atoms with van der Waals surface area (Å²) < 4.78 is 11.1. The zero-order valence-corrected chi connectivity index (χ0v) is 20.5. The molecule has 0 bridgehead atoms. The van der Waals surface area contributed by atoms with Crippen LogP contribution in [0.15, 0.2) is 18.2 Å². The van der Waals surface area contributed by atoms with Crippen molar-refractivity contribution in [2.24, 2.45) is 0 Å². The van der Waals surface area contributed by atoms with Gasteiger partial charge in [-0.2, -0.15) is 0 Å². The van der Waals surface area contributed by atoms with Crippen LogP contribution in [-0.4, -0.2) is 59.4 Å². The van der Waals surface area contributed by atoms with E-state index >= 15 is 0 Å². The second kappa shape index (κ2) is 11.2. The summed E-state index contributed by atoms with van der Waals surface area (Å²) in [6.07, 6.45) is 0.885. The molecule has 0 spiro atoms. The molecule has 1 aromatic heterocycles. The highest BCUT2D eigenvalue weighted by Gasteiger charge is 2.37. The van der Waals surface area contributed by atoms with Gasteiger partial charge in [-0.25, -0.2) is 14.8 Å². The van der Waals surface area contributed by atoms with Gasteiger partial charge in [0, 0.05) is 23.7 Å². The van der Waals surface area contributed by atoms with Crippen LogP contribution in [0.3, 0.4) is 0 Å². The van der Waals surface area contributed by atoms with Gasteiger partial charge in [-0.1, -0.05) is 37.0 Å². The first-order chi connectivity index (χ1) is 15.4. The second-order valence-electron chi connectivity index (χ2n) is 7.49. The number of ether oxygens (including phenoxy) is 2. The van der Waals surface area contributed by atoms with E-state index in [9.17, 15) is 4.79 Å². The van der Waals surface area contributed by atoms with Crippen LogP contribution in [0.25, 0.3) is 11.3 Å². The average Bonchev–Trinajstić information content (AvgIpc) is 3.16. The number of nitrogens with one attached hydrogen (secondary N) is 1. The maximum Gasteiger partial charge on any atom is 0.409 e. The Kier molecular flexibility index (Phi) is 8.57. The van der Waals surface area contributed by atoms with Crippen molar-refractivity contribution in [3.63, 3.8) is 0 Å². The number of hydrogen-bond donors (Lipinski definition) is 1. The third kappa shape index (κ3) is 5.45. The SMILES string of the molecule is CCOC(=O)N1C[C@H](Nc2nc(CC)c(-c3ccc(Cl)cc3Cl)nc2CC)[C@H](OCC)C1. The van der Waals surface area contributed by atoms with Crippen LogP contribution in [0.4, 0.5) is 10.6 Å². The molecule has 174 valence electrons. The number of aromatic nitrogens is 2. The van der Waals surface area contributed by atoms with E-state index in [-0.39, 0.29) is 18.2 Å². The number of carbonyl (C=O) groups excluding carboxylic acids is 1. The molecule has 2 atom stereocenters. The van der Waals surface area contributed by atoms with Crippen LogP contribution < -0.4 is 5.32 Å². The van der Waals surface area contributed by atoms with Crippen LogP contribution in [0.2, 0.25) is 10.0 Å². The largest absolute Gasteiger partial charge is 0.450 e. The highest BCUT2D eigenvalue weighted by atomic mass is 35.5. The standard InChI is InChI=1S/C23H30Cl2N4O3/c1-5-17-21(15-10-9-14(24)11-16(15)25)26-18(6-2)22(27-17)28-19-12-29(23(30)32-8-4)13-20(19)31-7-3/h9-11,19-20H,5-8,12-13H2,1-4H3,(H,27,28)/t19-,20+/m0/s1. The number of carbonyl (C=O) groups is 1. The number of benzene rings is 1. The normalized spacial score (nSPS) is 18.1. The lowest BCUT2D eigenvalue weighted by molar-refractivity contribution is 0.0596. The lowest BCUT2D eigenvalue weighted by Crippen LogP contribution is -2.35. The molecule has 0 unspecified atom stereocenters. The molecule has 1 saturated heterocycles. The Bertz CT molecular complexity index is 957. The van der Waals surface area contributed by atoms with Gasteiger partial charge in [0.2, 0.25) is 0 Å². The molecule has 0 radical (unpaired) electrons. The molecule has 3 rings (SSSR count). The van der Waals surface area contributed by atoms with Gasteiger partial charge in [-0.15, -0.1) is 0 Å². The Morgan fingerprint density at radius 2 is 1.84 bits per heavy atom. The summed E-state index contributed by atoms with van der Waals surface area (Å²) in [7, 11) is 0. The molecule has 1 aromatic carbocycles. The minimum absolute atomic E-state index is 0.117. The number of nitrogens with zero attached hydrogens (tertiary/aromatic N) is 3. The molecule has 9 heteroatoms. The second-order valence-corrected chi connectivity index (χ2v) is 8.34. The smallest absolute Gasteiger partial charge is 0.409 e. The number of hydrogen-bond acceptors (Lipinski definition) is 6. The summed E-state index contributed by atoms with van der Waals surface area (Å²) in [6, 6.07) is 5.27. The number of rotatable bonds is 8. The third-order valence-corrected chi connectivity index (χ3v) is 5.94. The van der Waals surface area contributed by atoms with E-state index in [4.69, 9.17) is 42.6 Å². The van der Waals surface area contributed by atoms with Gasteiger partial charge in [-0.05, 0) is 44.9 Å². The van der Waals surface area contributed by atoms with Crippen molar-refractivity contribution in [3.05, 3.63) is 39.6 Å². The lowest BCUT2D eigenvalue weighted by Gasteiger charge is -2.22. The molecule has 1 aliphatic rings. The number of aryl methyl sites for hydroxylation is 2. The van der Waals surface area contributed by atoms with Gasteiger partial charge in [-0.3, -0.25) is 0 Å². The zero-order chi connectivity index (χ0) is 23.3. The fraction of sp³-hybridized carbons (Fsp3) is 0.522. The minimum Gasteiger partial charge on any atom is -0.450 e.